The fourth-order valence-corrected chi connectivity index (χ4v) is 4.53. The van der Waals surface area contributed by atoms with Crippen LogP contribution < -0.4 is 5.32 Å². The summed E-state index contributed by atoms with van der Waals surface area (Å²) >= 11 is 0. The third-order valence-electron chi connectivity index (χ3n) is 6.32. The monoisotopic (exact) mass is 483 g/mol. The van der Waals surface area contributed by atoms with Gasteiger partial charge >= 0.3 is 12.0 Å². The molecule has 1 aliphatic heterocycles. The van der Waals surface area contributed by atoms with Crippen molar-refractivity contribution >= 4 is 34.9 Å². The lowest BCUT2D eigenvalue weighted by Gasteiger charge is -2.10. The van der Waals surface area contributed by atoms with Crippen LogP contribution in [0.15, 0.2) is 70.8 Å². The second-order valence-electron chi connectivity index (χ2n) is 8.73. The van der Waals surface area contributed by atoms with E-state index >= 15 is 0 Å². The van der Waals surface area contributed by atoms with Crippen molar-refractivity contribution in [3.63, 3.8) is 0 Å². The normalized spacial score (nSPS) is 14.6. The summed E-state index contributed by atoms with van der Waals surface area (Å²) in [5.41, 5.74) is 5.45. The highest BCUT2D eigenvalue weighted by Gasteiger charge is 2.35. The number of hydrogen-bond donors (Lipinski definition) is 1. The van der Waals surface area contributed by atoms with Crippen LogP contribution in [0.1, 0.15) is 38.7 Å². The first-order chi connectivity index (χ1) is 17.4. The summed E-state index contributed by atoms with van der Waals surface area (Å²) < 4.78 is 12.3. The summed E-state index contributed by atoms with van der Waals surface area (Å²) in [6, 6.07) is 18.8. The summed E-state index contributed by atoms with van der Waals surface area (Å²) in [4.78, 5) is 38.4. The molecule has 0 unspecified atom stereocenters. The van der Waals surface area contributed by atoms with Crippen LogP contribution in [0.4, 0.5) is 4.79 Å². The zero-order valence-corrected chi connectivity index (χ0v) is 20.2. The molecule has 8 heteroatoms. The van der Waals surface area contributed by atoms with Gasteiger partial charge in [0.2, 0.25) is 5.76 Å². The lowest BCUT2D eigenvalue weighted by molar-refractivity contribution is -0.123. The Labute approximate surface area is 207 Å². The quantitative estimate of drug-likeness (QED) is 0.242. The maximum absolute atomic E-state index is 13.1. The molecule has 1 fully saturated rings. The molecule has 1 saturated heterocycles. The van der Waals surface area contributed by atoms with Gasteiger partial charge in [-0.15, -0.1) is 0 Å². The summed E-state index contributed by atoms with van der Waals surface area (Å²) in [7, 11) is 1.25. The molecule has 182 valence electrons. The minimum atomic E-state index is -0.628. The molecule has 4 aromatic rings. The number of rotatable bonds is 6. The Hall–Kier alpha value is -4.59. The summed E-state index contributed by atoms with van der Waals surface area (Å²) in [5, 5.41) is 3.67. The van der Waals surface area contributed by atoms with E-state index in [1.807, 2.05) is 31.2 Å². The van der Waals surface area contributed by atoms with E-state index in [1.54, 1.807) is 6.08 Å². The van der Waals surface area contributed by atoms with E-state index in [-0.39, 0.29) is 18.0 Å². The van der Waals surface area contributed by atoms with E-state index in [1.165, 1.54) is 30.4 Å². The number of amides is 3. The number of imide groups is 1. The molecule has 1 N–H and O–H groups in total. The molecular weight excluding hydrogens is 458 g/mol. The minimum absolute atomic E-state index is 0.00682. The summed E-state index contributed by atoms with van der Waals surface area (Å²) in [6.07, 6.45) is 1.73. The van der Waals surface area contributed by atoms with Crippen LogP contribution in [0, 0.1) is 13.8 Å². The molecule has 0 spiro atoms. The van der Waals surface area contributed by atoms with Crippen molar-refractivity contribution in [2.24, 2.45) is 0 Å². The van der Waals surface area contributed by atoms with Gasteiger partial charge in [-0.25, -0.2) is 9.59 Å². The first kappa shape index (κ1) is 23.2. The molecule has 3 amide bonds. The molecule has 0 saturated carbocycles. The number of nitrogens with zero attached hydrogens (tertiary/aromatic N) is 2. The van der Waals surface area contributed by atoms with E-state index < -0.39 is 17.9 Å². The number of aryl methyl sites for hydroxylation is 1. The predicted octanol–water partition coefficient (Wildman–Crippen LogP) is 4.78. The third-order valence-corrected chi connectivity index (χ3v) is 6.32. The number of hydrogen-bond acceptors (Lipinski definition) is 5. The average Bonchev–Trinajstić information content (AvgIpc) is 3.52. The van der Waals surface area contributed by atoms with Gasteiger partial charge in [0, 0.05) is 28.7 Å². The van der Waals surface area contributed by atoms with E-state index in [0.717, 1.165) is 27.1 Å². The predicted molar refractivity (Wildman–Crippen MR) is 134 cm³/mol. The second-order valence-corrected chi connectivity index (χ2v) is 8.73. The van der Waals surface area contributed by atoms with Gasteiger partial charge in [0.1, 0.15) is 11.5 Å². The van der Waals surface area contributed by atoms with Crippen LogP contribution in [0.25, 0.3) is 17.0 Å². The Morgan fingerprint density at radius 1 is 1.03 bits per heavy atom. The number of carbonyl (C=O) groups excluding carboxylic acids is 3. The fourth-order valence-electron chi connectivity index (χ4n) is 4.53. The average molecular weight is 484 g/mol. The fraction of sp³-hybridized carbons (Fsp3) is 0.179. The first-order valence-corrected chi connectivity index (χ1v) is 11.5. The molecule has 2 aromatic carbocycles. The number of furan rings is 1. The van der Waals surface area contributed by atoms with Crippen molar-refractivity contribution in [1.29, 1.82) is 0 Å². The minimum Gasteiger partial charge on any atom is -0.463 e. The van der Waals surface area contributed by atoms with Crippen LogP contribution in [-0.2, 0) is 22.6 Å². The van der Waals surface area contributed by atoms with Gasteiger partial charge in [0.05, 0.1) is 13.7 Å². The van der Waals surface area contributed by atoms with Crippen molar-refractivity contribution < 1.29 is 23.5 Å². The molecule has 8 nitrogen and oxygen atoms in total. The molecule has 1 aliphatic rings. The van der Waals surface area contributed by atoms with Crippen molar-refractivity contribution in [1.82, 2.24) is 14.8 Å². The van der Waals surface area contributed by atoms with Gasteiger partial charge < -0.3 is 19.0 Å². The molecule has 36 heavy (non-hydrogen) atoms. The maximum Gasteiger partial charge on any atom is 0.373 e. The van der Waals surface area contributed by atoms with Gasteiger partial charge in [-0.05, 0) is 43.7 Å². The molecule has 2 aromatic heterocycles. The maximum atomic E-state index is 13.1. The number of urea groups is 1. The number of carbonyl (C=O) groups is 3. The van der Waals surface area contributed by atoms with E-state index in [4.69, 9.17) is 4.42 Å². The number of nitrogens with one attached hydrogen (secondary N) is 1. The lowest BCUT2D eigenvalue weighted by atomic mass is 10.1. The van der Waals surface area contributed by atoms with Crippen LogP contribution in [0.2, 0.25) is 0 Å². The van der Waals surface area contributed by atoms with Gasteiger partial charge in [0.25, 0.3) is 5.91 Å². The Morgan fingerprint density at radius 2 is 1.83 bits per heavy atom. The van der Waals surface area contributed by atoms with Crippen molar-refractivity contribution in [3.8, 4) is 0 Å². The van der Waals surface area contributed by atoms with Crippen molar-refractivity contribution in [2.45, 2.75) is 26.9 Å². The van der Waals surface area contributed by atoms with Gasteiger partial charge in [-0.1, -0.05) is 48.0 Å². The molecule has 0 radical (unpaired) electrons. The van der Waals surface area contributed by atoms with Crippen LogP contribution in [0.5, 0.6) is 0 Å². The highest BCUT2D eigenvalue weighted by atomic mass is 16.5. The highest BCUT2D eigenvalue weighted by molar-refractivity contribution is 6.14. The number of benzene rings is 2. The Balaban J connectivity index is 1.46. The molecule has 0 aliphatic carbocycles. The smallest absolute Gasteiger partial charge is 0.373 e. The zero-order valence-electron chi connectivity index (χ0n) is 20.2. The Bertz CT molecular complexity index is 1540. The topological polar surface area (TPSA) is 93.8 Å². The standard InChI is InChI=1S/C28H25N3O5/c1-17-7-6-8-19(13-17)15-30-18(2)22(21-9-4-5-10-24(21)30)14-23-26(32)31(28(34)29-23)16-20-11-12-25(36-20)27(33)35-3/h4-14H,15-16H2,1-3H3,(H,29,34)/b23-14-. The van der Waals surface area contributed by atoms with Gasteiger partial charge in [0.15, 0.2) is 0 Å². The molecule has 3 heterocycles. The third kappa shape index (κ3) is 4.17. The summed E-state index contributed by atoms with van der Waals surface area (Å²) in [5.74, 6) is -0.791. The van der Waals surface area contributed by atoms with Gasteiger partial charge in [-0.2, -0.15) is 0 Å². The number of esters is 1. The van der Waals surface area contributed by atoms with Crippen molar-refractivity contribution in [3.05, 3.63) is 100 Å². The molecule has 0 bridgehead atoms. The second kappa shape index (κ2) is 9.22. The molecular formula is C28H25N3O5. The number of para-hydroxylation sites is 1. The zero-order chi connectivity index (χ0) is 25.4. The number of ether oxygens (including phenoxy) is 1. The first-order valence-electron chi connectivity index (χ1n) is 11.5. The SMILES string of the molecule is COC(=O)c1ccc(CN2C(=O)N/C(=C\c3c(C)n(Cc4cccc(C)c4)c4ccccc34)C2=O)o1. The molecule has 5 rings (SSSR count). The lowest BCUT2D eigenvalue weighted by Crippen LogP contribution is -2.30. The Kier molecular flexibility index (Phi) is 5.93. The molecule has 0 atom stereocenters. The van der Waals surface area contributed by atoms with Crippen LogP contribution in [0.3, 0.4) is 0 Å². The van der Waals surface area contributed by atoms with Crippen molar-refractivity contribution in [2.75, 3.05) is 7.11 Å². The van der Waals surface area contributed by atoms with Crippen LogP contribution >= 0.6 is 0 Å². The largest absolute Gasteiger partial charge is 0.463 e. The van der Waals surface area contributed by atoms with E-state index in [0.29, 0.717) is 12.3 Å². The van der Waals surface area contributed by atoms with Crippen LogP contribution in [-0.4, -0.2) is 34.5 Å². The number of aromatic nitrogens is 1. The van der Waals surface area contributed by atoms with E-state index in [9.17, 15) is 14.4 Å². The van der Waals surface area contributed by atoms with Gasteiger partial charge in [-0.3, -0.25) is 9.69 Å². The Morgan fingerprint density at radius 3 is 2.61 bits per heavy atom. The highest BCUT2D eigenvalue weighted by Crippen LogP contribution is 2.30. The number of methoxy groups -OCH3 is 1. The summed E-state index contributed by atoms with van der Waals surface area (Å²) in [6.45, 7) is 4.66. The number of fused-ring (bicyclic) bond motifs is 1. The van der Waals surface area contributed by atoms with E-state index in [2.05, 4.69) is 45.8 Å².